The Balaban J connectivity index is 1.78. The maximum atomic E-state index is 12.5. The van der Waals surface area contributed by atoms with E-state index in [4.69, 9.17) is 0 Å². The van der Waals surface area contributed by atoms with Crippen LogP contribution in [-0.2, 0) is 16.6 Å². The van der Waals surface area contributed by atoms with Gasteiger partial charge in [-0.3, -0.25) is 4.79 Å². The third-order valence-corrected chi connectivity index (χ3v) is 5.50. The van der Waals surface area contributed by atoms with Crippen LogP contribution in [0, 0.1) is 6.92 Å². The molecular formula is C18H20N4O3S. The number of para-hydroxylation sites is 2. The van der Waals surface area contributed by atoms with Gasteiger partial charge in [-0.25, -0.2) is 18.1 Å². The summed E-state index contributed by atoms with van der Waals surface area (Å²) < 4.78 is 26.7. The fraction of sp³-hybridized carbons (Fsp3) is 0.222. The third-order valence-electron chi connectivity index (χ3n) is 3.95. The van der Waals surface area contributed by atoms with Crippen molar-refractivity contribution in [1.29, 1.82) is 0 Å². The number of fused-ring (bicyclic) bond motifs is 1. The molecule has 1 heterocycles. The summed E-state index contributed by atoms with van der Waals surface area (Å²) in [7, 11) is -3.62. The molecule has 0 atom stereocenters. The smallest absolute Gasteiger partial charge is 0.251 e. The lowest BCUT2D eigenvalue weighted by atomic mass is 10.1. The van der Waals surface area contributed by atoms with Crippen LogP contribution >= 0.6 is 0 Å². The molecule has 3 rings (SSSR count). The molecule has 136 valence electrons. The van der Waals surface area contributed by atoms with Gasteiger partial charge in [-0.15, -0.1) is 0 Å². The van der Waals surface area contributed by atoms with Gasteiger partial charge in [0, 0.05) is 12.1 Å². The highest BCUT2D eigenvalue weighted by atomic mass is 32.2. The van der Waals surface area contributed by atoms with Gasteiger partial charge in [-0.1, -0.05) is 25.1 Å². The Hall–Kier alpha value is -2.71. The largest absolute Gasteiger partial charge is 0.345 e. The molecule has 7 nitrogen and oxygen atoms in total. The number of imidazole rings is 1. The Morgan fingerprint density at radius 3 is 2.69 bits per heavy atom. The van der Waals surface area contributed by atoms with Gasteiger partial charge >= 0.3 is 0 Å². The lowest BCUT2D eigenvalue weighted by Gasteiger charge is -2.10. The highest BCUT2D eigenvalue weighted by Gasteiger charge is 2.17. The van der Waals surface area contributed by atoms with E-state index in [0.717, 1.165) is 11.0 Å². The fourth-order valence-electron chi connectivity index (χ4n) is 2.63. The number of carbonyl (C=O) groups excluding carboxylic acids is 1. The lowest BCUT2D eigenvalue weighted by molar-refractivity contribution is 0.0949. The number of benzene rings is 2. The van der Waals surface area contributed by atoms with Gasteiger partial charge in [-0.05, 0) is 36.8 Å². The first-order valence-electron chi connectivity index (χ1n) is 8.23. The first-order chi connectivity index (χ1) is 12.4. The van der Waals surface area contributed by atoms with Crippen LogP contribution in [0.3, 0.4) is 0 Å². The second kappa shape index (κ2) is 7.27. The molecule has 0 aliphatic carbocycles. The Morgan fingerprint density at radius 2 is 1.96 bits per heavy atom. The molecule has 0 radical (unpaired) electrons. The number of aryl methyl sites for hydroxylation is 1. The molecule has 0 bridgehead atoms. The van der Waals surface area contributed by atoms with Crippen LogP contribution < -0.4 is 10.0 Å². The average molecular weight is 372 g/mol. The lowest BCUT2D eigenvalue weighted by Crippen LogP contribution is -2.26. The standard InChI is InChI=1S/C18H20N4O3S/c1-3-20-26(24,25)13-9-8-12(2)14(10-13)18(23)19-11-17-21-15-6-4-5-7-16(15)22-17/h4-10,20H,3,11H2,1-2H3,(H,19,23)(H,21,22). The third kappa shape index (κ3) is 3.76. The van der Waals surface area contributed by atoms with Crippen molar-refractivity contribution in [3.8, 4) is 0 Å². The summed E-state index contributed by atoms with van der Waals surface area (Å²) >= 11 is 0. The van der Waals surface area contributed by atoms with E-state index in [-0.39, 0.29) is 23.9 Å². The summed E-state index contributed by atoms with van der Waals surface area (Å²) in [6, 6.07) is 12.1. The number of rotatable bonds is 6. The average Bonchev–Trinajstić information content (AvgIpc) is 3.02. The number of hydrogen-bond donors (Lipinski definition) is 3. The van der Waals surface area contributed by atoms with E-state index in [0.29, 0.717) is 17.0 Å². The van der Waals surface area contributed by atoms with Crippen LogP contribution in [-0.4, -0.2) is 30.8 Å². The van der Waals surface area contributed by atoms with Gasteiger partial charge in [0.2, 0.25) is 10.0 Å². The van der Waals surface area contributed by atoms with Crippen LogP contribution in [0.4, 0.5) is 0 Å². The van der Waals surface area contributed by atoms with E-state index in [1.165, 1.54) is 12.1 Å². The molecule has 0 saturated heterocycles. The van der Waals surface area contributed by atoms with E-state index in [9.17, 15) is 13.2 Å². The van der Waals surface area contributed by atoms with E-state index in [1.54, 1.807) is 19.9 Å². The van der Waals surface area contributed by atoms with Crippen molar-refractivity contribution in [2.75, 3.05) is 6.54 Å². The first-order valence-corrected chi connectivity index (χ1v) is 9.71. The number of H-pyrrole nitrogens is 1. The van der Waals surface area contributed by atoms with Crippen molar-refractivity contribution < 1.29 is 13.2 Å². The summed E-state index contributed by atoms with van der Waals surface area (Å²) in [5, 5.41) is 2.78. The van der Waals surface area contributed by atoms with Crippen LogP contribution in [0.1, 0.15) is 28.7 Å². The minimum Gasteiger partial charge on any atom is -0.345 e. The van der Waals surface area contributed by atoms with Gasteiger partial charge in [0.05, 0.1) is 22.5 Å². The first kappa shape index (κ1) is 18.1. The summed E-state index contributed by atoms with van der Waals surface area (Å²) in [5.74, 6) is 0.283. The monoisotopic (exact) mass is 372 g/mol. The topological polar surface area (TPSA) is 104 Å². The van der Waals surface area contributed by atoms with E-state index < -0.39 is 10.0 Å². The van der Waals surface area contributed by atoms with E-state index >= 15 is 0 Å². The summed E-state index contributed by atoms with van der Waals surface area (Å²) in [5.41, 5.74) is 2.74. The predicted molar refractivity (Wildman–Crippen MR) is 99.3 cm³/mol. The van der Waals surface area contributed by atoms with Gasteiger partial charge < -0.3 is 10.3 Å². The zero-order valence-corrected chi connectivity index (χ0v) is 15.4. The van der Waals surface area contributed by atoms with Crippen LogP contribution in [0.5, 0.6) is 0 Å². The Labute approximate surface area is 151 Å². The van der Waals surface area contributed by atoms with Crippen LogP contribution in [0.2, 0.25) is 0 Å². The van der Waals surface area contributed by atoms with Crippen molar-refractivity contribution >= 4 is 27.0 Å². The van der Waals surface area contributed by atoms with Crippen molar-refractivity contribution in [1.82, 2.24) is 20.0 Å². The van der Waals surface area contributed by atoms with Crippen molar-refractivity contribution in [2.45, 2.75) is 25.3 Å². The Morgan fingerprint density at radius 1 is 1.19 bits per heavy atom. The molecular weight excluding hydrogens is 352 g/mol. The minimum absolute atomic E-state index is 0.0684. The number of carbonyl (C=O) groups is 1. The quantitative estimate of drug-likeness (QED) is 0.616. The molecule has 0 saturated carbocycles. The molecule has 3 aromatic rings. The van der Waals surface area contributed by atoms with Gasteiger partial charge in [0.1, 0.15) is 5.82 Å². The number of nitrogens with one attached hydrogen (secondary N) is 3. The number of amides is 1. The number of aromatic nitrogens is 2. The molecule has 2 aromatic carbocycles. The van der Waals surface area contributed by atoms with Crippen LogP contribution in [0.15, 0.2) is 47.4 Å². The van der Waals surface area contributed by atoms with Gasteiger partial charge in [0.25, 0.3) is 5.91 Å². The molecule has 0 aliphatic heterocycles. The molecule has 0 spiro atoms. The summed E-state index contributed by atoms with van der Waals surface area (Å²) in [6.45, 7) is 3.97. The van der Waals surface area contributed by atoms with Crippen molar-refractivity contribution in [3.05, 3.63) is 59.4 Å². The van der Waals surface area contributed by atoms with Crippen LogP contribution in [0.25, 0.3) is 11.0 Å². The maximum absolute atomic E-state index is 12.5. The SMILES string of the molecule is CCNS(=O)(=O)c1ccc(C)c(C(=O)NCc2nc3ccccc3[nH]2)c1. The van der Waals surface area contributed by atoms with Gasteiger partial charge in [0.15, 0.2) is 0 Å². The molecule has 0 aliphatic rings. The number of sulfonamides is 1. The molecule has 26 heavy (non-hydrogen) atoms. The Bertz CT molecular complexity index is 1020. The fourth-order valence-corrected chi connectivity index (χ4v) is 3.70. The molecule has 3 N–H and O–H groups in total. The molecule has 0 unspecified atom stereocenters. The highest BCUT2D eigenvalue weighted by molar-refractivity contribution is 7.89. The zero-order valence-electron chi connectivity index (χ0n) is 14.5. The molecule has 8 heteroatoms. The second-order valence-electron chi connectivity index (χ2n) is 5.86. The maximum Gasteiger partial charge on any atom is 0.251 e. The Kier molecular flexibility index (Phi) is 5.06. The van der Waals surface area contributed by atoms with Crippen molar-refractivity contribution in [2.24, 2.45) is 0 Å². The minimum atomic E-state index is -3.62. The zero-order chi connectivity index (χ0) is 18.7. The number of aromatic amines is 1. The molecule has 0 fully saturated rings. The second-order valence-corrected chi connectivity index (χ2v) is 7.63. The molecule has 1 amide bonds. The van der Waals surface area contributed by atoms with Gasteiger partial charge in [-0.2, -0.15) is 0 Å². The number of hydrogen-bond acceptors (Lipinski definition) is 4. The highest BCUT2D eigenvalue weighted by Crippen LogP contribution is 2.16. The van der Waals surface area contributed by atoms with E-state index in [1.807, 2.05) is 24.3 Å². The molecule has 1 aromatic heterocycles. The predicted octanol–water partition coefficient (Wildman–Crippen LogP) is 2.10. The van der Waals surface area contributed by atoms with Crippen molar-refractivity contribution in [3.63, 3.8) is 0 Å². The summed E-state index contributed by atoms with van der Waals surface area (Å²) in [4.78, 5) is 20.1. The number of nitrogens with zero attached hydrogens (tertiary/aromatic N) is 1. The van der Waals surface area contributed by atoms with E-state index in [2.05, 4.69) is 20.0 Å². The summed E-state index contributed by atoms with van der Waals surface area (Å²) in [6.07, 6.45) is 0. The normalized spacial score (nSPS) is 11.6.